The van der Waals surface area contributed by atoms with Crippen LogP contribution in [0.2, 0.25) is 0 Å². The summed E-state index contributed by atoms with van der Waals surface area (Å²) in [7, 11) is 0. The molecule has 3 aromatic rings. The second-order valence-corrected chi connectivity index (χ2v) is 13.6. The SMILES string of the molecule is CCCCCCC1(CCCCCCC=P(c2ccccc2)(c2ccccc2)c2ccccc2)OCCO1. The standard InChI is InChI=1S/C34H45O2P/c1-2-3-4-17-26-34(35-28-29-36-34)27-18-6-5-7-19-30-37(31-20-11-8-12-21-31,32-22-13-9-14-23-32)33-24-15-10-16-25-33/h8-16,20-25,30H,2-7,17-19,26-29H2,1H3. The number of unbranched alkanes of at least 4 members (excludes halogenated alkanes) is 7. The van der Waals surface area contributed by atoms with Gasteiger partial charge >= 0.3 is 0 Å². The molecular weight excluding hydrogens is 471 g/mol. The summed E-state index contributed by atoms with van der Waals surface area (Å²) >= 11 is 0. The maximum atomic E-state index is 6.12. The smallest absolute Gasteiger partial charge is 0.168 e. The molecule has 198 valence electrons. The lowest BCUT2D eigenvalue weighted by molar-refractivity contribution is -0.168. The highest BCUT2D eigenvalue weighted by Crippen LogP contribution is 2.44. The molecule has 0 unspecified atom stereocenters. The lowest BCUT2D eigenvalue weighted by Crippen LogP contribution is -2.30. The van der Waals surface area contributed by atoms with E-state index in [0.717, 1.165) is 32.5 Å². The number of rotatable bonds is 15. The highest BCUT2D eigenvalue weighted by molar-refractivity contribution is 7.94. The average molecular weight is 517 g/mol. The molecule has 1 fully saturated rings. The first-order valence-corrected chi connectivity index (χ1v) is 16.3. The van der Waals surface area contributed by atoms with Crippen LogP contribution in [-0.4, -0.2) is 24.8 Å². The van der Waals surface area contributed by atoms with E-state index >= 15 is 0 Å². The molecule has 3 aromatic carbocycles. The van der Waals surface area contributed by atoms with E-state index in [2.05, 4.69) is 104 Å². The van der Waals surface area contributed by atoms with E-state index in [1.54, 1.807) is 0 Å². The van der Waals surface area contributed by atoms with Crippen molar-refractivity contribution in [1.82, 2.24) is 0 Å². The Morgan fingerprint density at radius 2 is 1.03 bits per heavy atom. The van der Waals surface area contributed by atoms with Crippen LogP contribution in [0.25, 0.3) is 0 Å². The van der Waals surface area contributed by atoms with Gasteiger partial charge in [0.25, 0.3) is 0 Å². The zero-order chi connectivity index (χ0) is 25.7. The predicted molar refractivity (Wildman–Crippen MR) is 162 cm³/mol. The van der Waals surface area contributed by atoms with E-state index in [1.807, 2.05) is 0 Å². The molecule has 0 atom stereocenters. The van der Waals surface area contributed by atoms with Gasteiger partial charge in [0.2, 0.25) is 0 Å². The highest BCUT2D eigenvalue weighted by Gasteiger charge is 2.35. The fourth-order valence-corrected chi connectivity index (χ4v) is 9.69. The Morgan fingerprint density at radius 3 is 1.49 bits per heavy atom. The van der Waals surface area contributed by atoms with Crippen LogP contribution in [0.5, 0.6) is 0 Å². The molecule has 0 saturated carbocycles. The molecule has 1 heterocycles. The predicted octanol–water partition coefficient (Wildman–Crippen LogP) is 7.84. The Balaban J connectivity index is 1.41. The molecular formula is C34H45O2P. The number of hydrogen-bond donors (Lipinski definition) is 0. The van der Waals surface area contributed by atoms with Crippen LogP contribution in [0.1, 0.15) is 77.6 Å². The molecule has 0 spiro atoms. The van der Waals surface area contributed by atoms with Crippen molar-refractivity contribution in [3.8, 4) is 0 Å². The molecule has 0 radical (unpaired) electrons. The lowest BCUT2D eigenvalue weighted by Gasteiger charge is -2.29. The van der Waals surface area contributed by atoms with Gasteiger partial charge in [0, 0.05) is 12.8 Å². The van der Waals surface area contributed by atoms with Crippen LogP contribution in [0.4, 0.5) is 0 Å². The minimum Gasteiger partial charge on any atom is -0.348 e. The molecule has 0 amide bonds. The molecule has 0 N–H and O–H groups in total. The molecule has 1 saturated heterocycles. The van der Waals surface area contributed by atoms with Crippen molar-refractivity contribution in [1.29, 1.82) is 0 Å². The Hall–Kier alpha value is -2.12. The molecule has 2 nitrogen and oxygen atoms in total. The molecule has 1 aliphatic heterocycles. The topological polar surface area (TPSA) is 18.5 Å². The second kappa shape index (κ2) is 14.7. The van der Waals surface area contributed by atoms with Gasteiger partial charge in [-0.3, -0.25) is 0 Å². The van der Waals surface area contributed by atoms with E-state index in [9.17, 15) is 0 Å². The van der Waals surface area contributed by atoms with Gasteiger partial charge in [-0.1, -0.05) is 136 Å². The van der Waals surface area contributed by atoms with Crippen LogP contribution in [0.15, 0.2) is 91.0 Å². The van der Waals surface area contributed by atoms with Gasteiger partial charge in [-0.25, -0.2) is 0 Å². The number of hydrogen-bond acceptors (Lipinski definition) is 2. The highest BCUT2D eigenvalue weighted by atomic mass is 31.2. The van der Waals surface area contributed by atoms with Crippen molar-refractivity contribution >= 4 is 28.6 Å². The van der Waals surface area contributed by atoms with Crippen LogP contribution in [-0.2, 0) is 9.47 Å². The molecule has 3 heteroatoms. The van der Waals surface area contributed by atoms with Gasteiger partial charge < -0.3 is 9.47 Å². The first-order valence-electron chi connectivity index (χ1n) is 14.5. The summed E-state index contributed by atoms with van der Waals surface area (Å²) in [6.45, 7) is 1.96. The fourth-order valence-electron chi connectivity index (χ4n) is 5.66. The summed E-state index contributed by atoms with van der Waals surface area (Å²) in [6, 6.07) is 33.5. The third-order valence-corrected chi connectivity index (χ3v) is 11.8. The van der Waals surface area contributed by atoms with Gasteiger partial charge in [-0.2, -0.15) is 0 Å². The Morgan fingerprint density at radius 1 is 0.595 bits per heavy atom. The van der Waals surface area contributed by atoms with E-state index in [0.29, 0.717) is 0 Å². The Kier molecular flexibility index (Phi) is 11.1. The first kappa shape index (κ1) is 27.9. The van der Waals surface area contributed by atoms with Crippen molar-refractivity contribution in [3.63, 3.8) is 0 Å². The quantitative estimate of drug-likeness (QED) is 0.151. The summed E-state index contributed by atoms with van der Waals surface area (Å²) in [6.07, 6.45) is 13.2. The van der Waals surface area contributed by atoms with Gasteiger partial charge in [-0.15, -0.1) is 0 Å². The van der Waals surface area contributed by atoms with Gasteiger partial charge in [0.05, 0.1) is 13.2 Å². The minimum atomic E-state index is -1.82. The van der Waals surface area contributed by atoms with Crippen molar-refractivity contribution in [3.05, 3.63) is 91.0 Å². The molecule has 0 bridgehead atoms. The molecule has 4 rings (SSSR count). The van der Waals surface area contributed by atoms with Gasteiger partial charge in [0.15, 0.2) is 5.79 Å². The van der Waals surface area contributed by atoms with E-state index in [1.165, 1.54) is 67.3 Å². The molecule has 37 heavy (non-hydrogen) atoms. The summed E-state index contributed by atoms with van der Waals surface area (Å²) in [4.78, 5) is 0. The van der Waals surface area contributed by atoms with Gasteiger partial charge in [-0.05, 0) is 48.5 Å². The first-order chi connectivity index (χ1) is 18.3. The van der Waals surface area contributed by atoms with Crippen LogP contribution < -0.4 is 15.9 Å². The second-order valence-electron chi connectivity index (χ2n) is 10.3. The summed E-state index contributed by atoms with van der Waals surface area (Å²) < 4.78 is 12.2. The average Bonchev–Trinajstić information content (AvgIpc) is 3.43. The van der Waals surface area contributed by atoms with Crippen LogP contribution >= 0.6 is 6.89 Å². The zero-order valence-corrected chi connectivity index (χ0v) is 23.6. The summed E-state index contributed by atoms with van der Waals surface area (Å²) in [5, 5.41) is 4.31. The van der Waals surface area contributed by atoms with Crippen molar-refractivity contribution in [2.24, 2.45) is 0 Å². The summed E-state index contributed by atoms with van der Waals surface area (Å²) in [5.41, 5.74) is 0. The molecule has 1 aliphatic rings. The monoisotopic (exact) mass is 516 g/mol. The third kappa shape index (κ3) is 7.47. The Labute approximate surface area is 225 Å². The molecule has 0 aromatic heterocycles. The van der Waals surface area contributed by atoms with Crippen LogP contribution in [0.3, 0.4) is 0 Å². The zero-order valence-electron chi connectivity index (χ0n) is 22.7. The number of ether oxygens (including phenoxy) is 2. The maximum Gasteiger partial charge on any atom is 0.168 e. The normalized spacial score (nSPS) is 15.1. The summed E-state index contributed by atoms with van der Waals surface area (Å²) in [5.74, 6) is 2.37. The third-order valence-electron chi connectivity index (χ3n) is 7.63. The van der Waals surface area contributed by atoms with Crippen molar-refractivity contribution < 1.29 is 9.47 Å². The van der Waals surface area contributed by atoms with Crippen LogP contribution in [0, 0.1) is 0 Å². The lowest BCUT2D eigenvalue weighted by atomic mass is 9.99. The molecule has 0 aliphatic carbocycles. The van der Waals surface area contributed by atoms with E-state index in [-0.39, 0.29) is 5.79 Å². The van der Waals surface area contributed by atoms with Gasteiger partial charge in [0.1, 0.15) is 0 Å². The number of benzene rings is 3. The van der Waals surface area contributed by atoms with E-state index < -0.39 is 6.89 Å². The minimum absolute atomic E-state index is 0.297. The maximum absolute atomic E-state index is 6.12. The largest absolute Gasteiger partial charge is 0.348 e. The van der Waals surface area contributed by atoms with Crippen molar-refractivity contribution in [2.45, 2.75) is 83.3 Å². The van der Waals surface area contributed by atoms with Crippen molar-refractivity contribution in [2.75, 3.05) is 13.2 Å². The Bertz CT molecular complexity index is 969. The van der Waals surface area contributed by atoms with E-state index in [4.69, 9.17) is 9.47 Å². The fraction of sp³-hybridized carbons (Fsp3) is 0.441.